The van der Waals surface area contributed by atoms with Crippen molar-refractivity contribution in [3.63, 3.8) is 0 Å². The van der Waals surface area contributed by atoms with E-state index in [4.69, 9.17) is 5.26 Å². The molecule has 0 atom stereocenters. The van der Waals surface area contributed by atoms with Crippen LogP contribution in [0.2, 0.25) is 0 Å². The van der Waals surface area contributed by atoms with E-state index in [2.05, 4.69) is 22.5 Å². The van der Waals surface area contributed by atoms with Gasteiger partial charge in [0, 0.05) is 23.5 Å². The third kappa shape index (κ3) is 4.71. The summed E-state index contributed by atoms with van der Waals surface area (Å²) < 4.78 is 0. The molecule has 0 saturated carbocycles. The summed E-state index contributed by atoms with van der Waals surface area (Å²) in [7, 11) is 0. The van der Waals surface area contributed by atoms with Gasteiger partial charge in [0.25, 0.3) is 5.91 Å². The Labute approximate surface area is 139 Å². The molecule has 24 heavy (non-hydrogen) atoms. The minimum Gasteiger partial charge on any atom is -0.334 e. The minimum atomic E-state index is -0.333. The van der Waals surface area contributed by atoms with Gasteiger partial charge in [0.1, 0.15) is 0 Å². The Morgan fingerprint density at radius 2 is 1.75 bits per heavy atom. The van der Waals surface area contributed by atoms with Gasteiger partial charge in [0.15, 0.2) is 0 Å². The van der Waals surface area contributed by atoms with E-state index < -0.39 is 0 Å². The lowest BCUT2D eigenvalue weighted by Gasteiger charge is -2.08. The molecule has 2 aromatic carbocycles. The third-order valence-corrected chi connectivity index (χ3v) is 3.06. The van der Waals surface area contributed by atoms with Gasteiger partial charge in [0.2, 0.25) is 0 Å². The highest BCUT2D eigenvalue weighted by molar-refractivity contribution is 6.04. The largest absolute Gasteiger partial charge is 0.334 e. The van der Waals surface area contributed by atoms with Crippen LogP contribution in [0, 0.1) is 11.3 Å². The lowest BCUT2D eigenvalue weighted by atomic mass is 10.1. The Bertz CT molecular complexity index is 791. The topological polar surface area (TPSA) is 94.0 Å². The van der Waals surface area contributed by atoms with Gasteiger partial charge in [-0.3, -0.25) is 4.79 Å². The summed E-state index contributed by atoms with van der Waals surface area (Å²) >= 11 is 0. The fraction of sp³-hybridized carbons (Fsp3) is 0.0556. The van der Waals surface area contributed by atoms with Crippen LogP contribution in [0.1, 0.15) is 15.9 Å². The van der Waals surface area contributed by atoms with E-state index >= 15 is 0 Å². The summed E-state index contributed by atoms with van der Waals surface area (Å²) in [4.78, 5) is 23.7. The summed E-state index contributed by atoms with van der Waals surface area (Å²) in [5.41, 5.74) is 2.01. The van der Waals surface area contributed by atoms with Crippen LogP contribution in [0.3, 0.4) is 0 Å². The van der Waals surface area contributed by atoms with Crippen LogP contribution in [0.25, 0.3) is 0 Å². The number of amides is 3. The van der Waals surface area contributed by atoms with E-state index in [1.54, 1.807) is 48.5 Å². The van der Waals surface area contributed by atoms with E-state index in [0.29, 0.717) is 29.0 Å². The monoisotopic (exact) mass is 320 g/mol. The van der Waals surface area contributed by atoms with Crippen LogP contribution in [0.4, 0.5) is 16.2 Å². The quantitative estimate of drug-likeness (QED) is 0.739. The first-order chi connectivity index (χ1) is 11.6. The Morgan fingerprint density at radius 1 is 1.08 bits per heavy atom. The molecule has 0 aliphatic heterocycles. The highest BCUT2D eigenvalue weighted by Gasteiger charge is 2.07. The summed E-state index contributed by atoms with van der Waals surface area (Å²) in [6.45, 7) is 3.89. The molecule has 0 saturated heterocycles. The average Bonchev–Trinajstić information content (AvgIpc) is 2.61. The van der Waals surface area contributed by atoms with Crippen molar-refractivity contribution in [1.29, 1.82) is 5.26 Å². The number of hydrogen-bond acceptors (Lipinski definition) is 3. The first-order valence-electron chi connectivity index (χ1n) is 7.19. The highest BCUT2D eigenvalue weighted by Crippen LogP contribution is 2.15. The average molecular weight is 320 g/mol. The molecule has 0 aromatic heterocycles. The van der Waals surface area contributed by atoms with Crippen molar-refractivity contribution in [3.8, 4) is 6.07 Å². The van der Waals surface area contributed by atoms with Crippen molar-refractivity contribution in [2.75, 3.05) is 17.2 Å². The Hall–Kier alpha value is -3.59. The van der Waals surface area contributed by atoms with Gasteiger partial charge >= 0.3 is 6.03 Å². The molecule has 0 spiro atoms. The number of nitriles is 1. The number of urea groups is 1. The van der Waals surface area contributed by atoms with Gasteiger partial charge in [0.05, 0.1) is 11.6 Å². The van der Waals surface area contributed by atoms with Gasteiger partial charge < -0.3 is 16.0 Å². The minimum absolute atomic E-state index is 0.309. The van der Waals surface area contributed by atoms with Gasteiger partial charge in [-0.05, 0) is 42.5 Å². The zero-order valence-corrected chi connectivity index (χ0v) is 12.9. The fourth-order valence-corrected chi connectivity index (χ4v) is 1.91. The highest BCUT2D eigenvalue weighted by atomic mass is 16.2. The molecule has 2 aromatic rings. The lowest BCUT2D eigenvalue weighted by molar-refractivity contribution is 0.102. The Balaban J connectivity index is 1.98. The molecule has 6 heteroatoms. The van der Waals surface area contributed by atoms with Crippen molar-refractivity contribution < 1.29 is 9.59 Å². The maximum absolute atomic E-state index is 12.2. The molecule has 0 aliphatic carbocycles. The van der Waals surface area contributed by atoms with Gasteiger partial charge in [-0.25, -0.2) is 4.79 Å². The molecule has 0 fully saturated rings. The smallest absolute Gasteiger partial charge is 0.319 e. The second-order valence-corrected chi connectivity index (χ2v) is 4.85. The maximum atomic E-state index is 12.2. The van der Waals surface area contributed by atoms with E-state index in [1.165, 1.54) is 6.07 Å². The number of benzene rings is 2. The number of nitrogens with one attached hydrogen (secondary N) is 3. The molecule has 0 unspecified atom stereocenters. The standard InChI is InChI=1S/C18H16N4O2/c1-2-10-20-18(24)22-16-8-6-15(7-9-16)21-17(23)14-5-3-4-13(11-14)12-19/h2-9,11H,1,10H2,(H,21,23)(H2,20,22,24). The van der Waals surface area contributed by atoms with Crippen molar-refractivity contribution in [1.82, 2.24) is 5.32 Å². The van der Waals surface area contributed by atoms with E-state index in [-0.39, 0.29) is 11.9 Å². The van der Waals surface area contributed by atoms with Gasteiger partial charge in [-0.1, -0.05) is 12.1 Å². The first kappa shape index (κ1) is 16.8. The van der Waals surface area contributed by atoms with Crippen molar-refractivity contribution in [3.05, 3.63) is 72.3 Å². The van der Waals surface area contributed by atoms with Crippen molar-refractivity contribution in [2.24, 2.45) is 0 Å². The summed E-state index contributed by atoms with van der Waals surface area (Å²) in [5.74, 6) is -0.309. The van der Waals surface area contributed by atoms with Crippen LogP contribution < -0.4 is 16.0 Å². The van der Waals surface area contributed by atoms with Crippen molar-refractivity contribution >= 4 is 23.3 Å². The Kier molecular flexibility index (Phi) is 5.70. The first-order valence-corrected chi connectivity index (χ1v) is 7.19. The van der Waals surface area contributed by atoms with E-state index in [1.807, 2.05) is 6.07 Å². The predicted octanol–water partition coefficient (Wildman–Crippen LogP) is 3.12. The molecule has 6 nitrogen and oxygen atoms in total. The molecule has 0 bridgehead atoms. The van der Waals surface area contributed by atoms with Crippen molar-refractivity contribution in [2.45, 2.75) is 0 Å². The van der Waals surface area contributed by atoms with Crippen LogP contribution in [0.5, 0.6) is 0 Å². The number of nitrogens with zero attached hydrogens (tertiary/aromatic N) is 1. The van der Waals surface area contributed by atoms with Crippen LogP contribution in [0.15, 0.2) is 61.2 Å². The summed E-state index contributed by atoms with van der Waals surface area (Å²) in [6, 6.07) is 14.8. The normalized spacial score (nSPS) is 9.46. The van der Waals surface area contributed by atoms with Crippen LogP contribution in [-0.2, 0) is 0 Å². The molecular weight excluding hydrogens is 304 g/mol. The molecule has 120 valence electrons. The van der Waals surface area contributed by atoms with E-state index in [0.717, 1.165) is 0 Å². The Morgan fingerprint density at radius 3 is 2.38 bits per heavy atom. The number of rotatable bonds is 5. The summed E-state index contributed by atoms with van der Waals surface area (Å²) in [6.07, 6.45) is 1.58. The maximum Gasteiger partial charge on any atom is 0.319 e. The fourth-order valence-electron chi connectivity index (χ4n) is 1.91. The number of anilines is 2. The second-order valence-electron chi connectivity index (χ2n) is 4.85. The molecule has 2 rings (SSSR count). The lowest BCUT2D eigenvalue weighted by Crippen LogP contribution is -2.28. The SMILES string of the molecule is C=CCNC(=O)Nc1ccc(NC(=O)c2cccc(C#N)c2)cc1. The predicted molar refractivity (Wildman–Crippen MR) is 92.8 cm³/mol. The molecule has 3 N–H and O–H groups in total. The molecule has 0 heterocycles. The molecule has 0 aliphatic rings. The summed E-state index contributed by atoms with van der Waals surface area (Å²) in [5, 5.41) is 16.9. The third-order valence-electron chi connectivity index (χ3n) is 3.06. The van der Waals surface area contributed by atoms with Gasteiger partial charge in [-0.15, -0.1) is 6.58 Å². The van der Waals surface area contributed by atoms with Crippen LogP contribution in [-0.4, -0.2) is 18.5 Å². The molecule has 0 radical (unpaired) electrons. The zero-order chi connectivity index (χ0) is 17.4. The van der Waals surface area contributed by atoms with Crippen LogP contribution >= 0.6 is 0 Å². The van der Waals surface area contributed by atoms with E-state index in [9.17, 15) is 9.59 Å². The zero-order valence-electron chi connectivity index (χ0n) is 12.9. The second kappa shape index (κ2) is 8.15. The molecular formula is C18H16N4O2. The van der Waals surface area contributed by atoms with Gasteiger partial charge in [-0.2, -0.15) is 5.26 Å². The number of carbonyl (C=O) groups is 2. The molecule has 3 amide bonds. The number of carbonyl (C=O) groups excluding carboxylic acids is 2. The number of hydrogen-bond donors (Lipinski definition) is 3.